The van der Waals surface area contributed by atoms with E-state index in [1.165, 1.54) is 16.4 Å². The van der Waals surface area contributed by atoms with Gasteiger partial charge in [0.05, 0.1) is 24.2 Å². The zero-order valence-electron chi connectivity index (χ0n) is 15.5. The van der Waals surface area contributed by atoms with E-state index < -0.39 is 10.0 Å². The van der Waals surface area contributed by atoms with E-state index in [9.17, 15) is 13.2 Å². The fraction of sp³-hybridized carbons (Fsp3) is 0.350. The number of nitrogens with one attached hydrogen (secondary N) is 1. The lowest BCUT2D eigenvalue weighted by molar-refractivity contribution is 0.0730. The number of hydrogen-bond acceptors (Lipinski definition) is 4. The molecular weight excluding hydrogens is 364 g/mol. The lowest BCUT2D eigenvalue weighted by Crippen LogP contribution is -2.40. The molecule has 0 aromatic heterocycles. The molecule has 0 saturated carbocycles. The summed E-state index contributed by atoms with van der Waals surface area (Å²) in [4.78, 5) is 12.7. The molecule has 7 heteroatoms. The maximum Gasteiger partial charge on any atom is 0.251 e. The summed E-state index contributed by atoms with van der Waals surface area (Å²) in [5.41, 5.74) is 2.59. The molecule has 1 amide bonds. The topological polar surface area (TPSA) is 75.7 Å². The molecule has 2 aromatic carbocycles. The van der Waals surface area contributed by atoms with Crippen molar-refractivity contribution in [3.8, 4) is 0 Å². The van der Waals surface area contributed by atoms with E-state index in [4.69, 9.17) is 4.74 Å². The fourth-order valence-corrected chi connectivity index (χ4v) is 4.55. The minimum Gasteiger partial charge on any atom is -0.379 e. The second-order valence-corrected chi connectivity index (χ2v) is 8.53. The molecule has 1 atom stereocenters. The summed E-state index contributed by atoms with van der Waals surface area (Å²) in [5, 5.41) is 2.96. The highest BCUT2D eigenvalue weighted by atomic mass is 32.2. The number of sulfonamides is 1. The third kappa shape index (κ3) is 4.37. The maximum absolute atomic E-state index is 12.6. The number of hydrogen-bond donors (Lipinski definition) is 1. The molecule has 1 aliphatic heterocycles. The Balaban J connectivity index is 1.71. The van der Waals surface area contributed by atoms with Crippen LogP contribution in [0, 0.1) is 6.92 Å². The first-order valence-electron chi connectivity index (χ1n) is 8.94. The smallest absolute Gasteiger partial charge is 0.251 e. The highest BCUT2D eigenvalue weighted by Gasteiger charge is 2.26. The molecule has 144 valence electrons. The molecule has 1 aliphatic rings. The van der Waals surface area contributed by atoms with Crippen LogP contribution in [0.3, 0.4) is 0 Å². The zero-order valence-corrected chi connectivity index (χ0v) is 16.3. The number of carbonyl (C=O) groups excluding carboxylic acids is 1. The Morgan fingerprint density at radius 2 is 1.70 bits per heavy atom. The summed E-state index contributed by atoms with van der Waals surface area (Å²) in [5.74, 6) is -0.235. The Labute approximate surface area is 160 Å². The second-order valence-electron chi connectivity index (χ2n) is 6.59. The molecule has 0 radical (unpaired) electrons. The Morgan fingerprint density at radius 1 is 1.07 bits per heavy atom. The van der Waals surface area contributed by atoms with Gasteiger partial charge < -0.3 is 10.1 Å². The molecule has 3 rings (SSSR count). The van der Waals surface area contributed by atoms with Crippen LogP contribution in [-0.2, 0) is 14.8 Å². The molecule has 2 aromatic rings. The van der Waals surface area contributed by atoms with Gasteiger partial charge in [0.25, 0.3) is 5.91 Å². The lowest BCUT2D eigenvalue weighted by atomic mass is 10.0. The lowest BCUT2D eigenvalue weighted by Gasteiger charge is -2.26. The molecule has 0 aliphatic carbocycles. The summed E-state index contributed by atoms with van der Waals surface area (Å²) in [6, 6.07) is 13.8. The number of morpholine rings is 1. The van der Waals surface area contributed by atoms with Crippen LogP contribution < -0.4 is 5.32 Å². The average Bonchev–Trinajstić information content (AvgIpc) is 2.69. The predicted molar refractivity (Wildman–Crippen MR) is 103 cm³/mol. The highest BCUT2D eigenvalue weighted by Crippen LogP contribution is 2.20. The van der Waals surface area contributed by atoms with Gasteiger partial charge in [0.2, 0.25) is 10.0 Å². The maximum atomic E-state index is 12.6. The van der Waals surface area contributed by atoms with Gasteiger partial charge in [0, 0.05) is 18.7 Å². The molecule has 1 N–H and O–H groups in total. The van der Waals surface area contributed by atoms with Crippen molar-refractivity contribution < 1.29 is 17.9 Å². The number of benzene rings is 2. The van der Waals surface area contributed by atoms with Crippen LogP contribution in [0.5, 0.6) is 0 Å². The van der Waals surface area contributed by atoms with Crippen LogP contribution in [0.15, 0.2) is 53.4 Å². The fourth-order valence-electron chi connectivity index (χ4n) is 3.14. The standard InChI is InChI=1S/C20H24N2O4S/c1-15-5-3-4-6-19(15)16(2)21-20(23)17-7-9-18(10-8-17)27(24,25)22-11-13-26-14-12-22/h3-10,16H,11-14H2,1-2H3,(H,21,23)/t16-/m1/s1. The predicted octanol–water partition coefficient (Wildman–Crippen LogP) is 2.51. The largest absolute Gasteiger partial charge is 0.379 e. The van der Waals surface area contributed by atoms with Gasteiger partial charge in [-0.25, -0.2) is 8.42 Å². The van der Waals surface area contributed by atoms with Crippen LogP contribution >= 0.6 is 0 Å². The molecule has 1 fully saturated rings. The van der Waals surface area contributed by atoms with Crippen molar-refractivity contribution >= 4 is 15.9 Å². The van der Waals surface area contributed by atoms with Crippen LogP contribution in [0.4, 0.5) is 0 Å². The van der Waals surface area contributed by atoms with Gasteiger partial charge in [-0.1, -0.05) is 24.3 Å². The van der Waals surface area contributed by atoms with Crippen molar-refractivity contribution in [1.82, 2.24) is 9.62 Å². The van der Waals surface area contributed by atoms with Crippen molar-refractivity contribution in [2.45, 2.75) is 24.8 Å². The minimum atomic E-state index is -3.55. The van der Waals surface area contributed by atoms with Crippen molar-refractivity contribution in [3.05, 3.63) is 65.2 Å². The van der Waals surface area contributed by atoms with Crippen molar-refractivity contribution in [2.75, 3.05) is 26.3 Å². The molecule has 0 spiro atoms. The summed E-state index contributed by atoms with van der Waals surface area (Å²) in [6.45, 7) is 5.42. The minimum absolute atomic E-state index is 0.143. The normalized spacial score (nSPS) is 16.7. The molecule has 0 unspecified atom stereocenters. The van der Waals surface area contributed by atoms with Gasteiger partial charge in [-0.05, 0) is 49.2 Å². The number of rotatable bonds is 5. The van der Waals surface area contributed by atoms with Gasteiger partial charge >= 0.3 is 0 Å². The van der Waals surface area contributed by atoms with Crippen LogP contribution in [0.25, 0.3) is 0 Å². The van der Waals surface area contributed by atoms with Crippen molar-refractivity contribution in [3.63, 3.8) is 0 Å². The molecule has 6 nitrogen and oxygen atoms in total. The number of nitrogens with zero attached hydrogens (tertiary/aromatic N) is 1. The number of ether oxygens (including phenoxy) is 1. The number of amides is 1. The van der Waals surface area contributed by atoms with Crippen LogP contribution in [0.2, 0.25) is 0 Å². The first-order chi connectivity index (χ1) is 12.9. The van der Waals surface area contributed by atoms with Gasteiger partial charge in [-0.3, -0.25) is 4.79 Å². The molecular formula is C20H24N2O4S. The monoisotopic (exact) mass is 388 g/mol. The van der Waals surface area contributed by atoms with E-state index in [1.807, 2.05) is 38.1 Å². The quantitative estimate of drug-likeness (QED) is 0.854. The van der Waals surface area contributed by atoms with E-state index in [1.54, 1.807) is 12.1 Å². The number of carbonyl (C=O) groups is 1. The Hall–Kier alpha value is -2.22. The molecule has 1 heterocycles. The molecule has 0 bridgehead atoms. The van der Waals surface area contributed by atoms with E-state index in [-0.39, 0.29) is 16.8 Å². The Bertz CT molecular complexity index is 904. The SMILES string of the molecule is Cc1ccccc1[C@@H](C)NC(=O)c1ccc(S(=O)(=O)N2CCOCC2)cc1. The second kappa shape index (κ2) is 8.21. The molecule has 27 heavy (non-hydrogen) atoms. The zero-order chi connectivity index (χ0) is 19.4. The van der Waals surface area contributed by atoms with E-state index in [2.05, 4.69) is 5.32 Å². The van der Waals surface area contributed by atoms with Gasteiger partial charge in [-0.2, -0.15) is 4.31 Å². The van der Waals surface area contributed by atoms with Crippen molar-refractivity contribution in [1.29, 1.82) is 0 Å². The van der Waals surface area contributed by atoms with Gasteiger partial charge in [0.15, 0.2) is 0 Å². The summed E-state index contributed by atoms with van der Waals surface area (Å²) < 4.78 is 31.9. The van der Waals surface area contributed by atoms with E-state index in [0.717, 1.165) is 11.1 Å². The van der Waals surface area contributed by atoms with Gasteiger partial charge in [0.1, 0.15) is 0 Å². The summed E-state index contributed by atoms with van der Waals surface area (Å²) in [6.07, 6.45) is 0. The first-order valence-corrected chi connectivity index (χ1v) is 10.4. The van der Waals surface area contributed by atoms with E-state index >= 15 is 0 Å². The molecule has 1 saturated heterocycles. The first kappa shape index (κ1) is 19.5. The Kier molecular flexibility index (Phi) is 5.94. The van der Waals surface area contributed by atoms with Gasteiger partial charge in [-0.15, -0.1) is 0 Å². The summed E-state index contributed by atoms with van der Waals surface area (Å²) >= 11 is 0. The Morgan fingerprint density at radius 3 is 2.33 bits per heavy atom. The van der Waals surface area contributed by atoms with E-state index in [0.29, 0.717) is 31.9 Å². The third-order valence-electron chi connectivity index (χ3n) is 4.73. The average molecular weight is 388 g/mol. The van der Waals surface area contributed by atoms with Crippen LogP contribution in [0.1, 0.15) is 34.5 Å². The van der Waals surface area contributed by atoms with Crippen LogP contribution in [-0.4, -0.2) is 44.9 Å². The summed E-state index contributed by atoms with van der Waals surface area (Å²) in [7, 11) is -3.55. The highest BCUT2D eigenvalue weighted by molar-refractivity contribution is 7.89. The number of aryl methyl sites for hydroxylation is 1. The van der Waals surface area contributed by atoms with Crippen molar-refractivity contribution in [2.24, 2.45) is 0 Å². The third-order valence-corrected chi connectivity index (χ3v) is 6.64.